The lowest BCUT2D eigenvalue weighted by atomic mass is 10.1. The van der Waals surface area contributed by atoms with E-state index in [0.717, 1.165) is 6.42 Å². The Labute approximate surface area is 70.7 Å². The Kier molecular flexibility index (Phi) is 1.77. The van der Waals surface area contributed by atoms with Crippen LogP contribution >= 0.6 is 0 Å². The van der Waals surface area contributed by atoms with Gasteiger partial charge in [0.05, 0.1) is 18.8 Å². The van der Waals surface area contributed by atoms with Crippen molar-refractivity contribution >= 4 is 6.09 Å². The van der Waals surface area contributed by atoms with E-state index in [1.165, 1.54) is 0 Å². The van der Waals surface area contributed by atoms with Gasteiger partial charge >= 0.3 is 6.09 Å². The molecular weight excluding hydrogens is 158 g/mol. The zero-order chi connectivity index (χ0) is 8.55. The minimum atomic E-state index is -0.262. The number of fused-ring (bicyclic) bond motifs is 1. The van der Waals surface area contributed by atoms with Crippen LogP contribution in [0.1, 0.15) is 6.42 Å². The smallest absolute Gasteiger partial charge is 0.414 e. The van der Waals surface area contributed by atoms with Crippen LogP contribution in [-0.2, 0) is 9.47 Å². The van der Waals surface area contributed by atoms with Crippen molar-refractivity contribution in [3.63, 3.8) is 0 Å². The Morgan fingerprint density at radius 3 is 3.33 bits per heavy atom. The van der Waals surface area contributed by atoms with Gasteiger partial charge in [0.1, 0.15) is 0 Å². The zero-order valence-electron chi connectivity index (χ0n) is 6.90. The minimum Gasteiger partial charge on any atom is -0.449 e. The lowest BCUT2D eigenvalue weighted by molar-refractivity contribution is 0.0237. The van der Waals surface area contributed by atoms with Crippen LogP contribution in [-0.4, -0.2) is 36.9 Å². The van der Waals surface area contributed by atoms with Crippen molar-refractivity contribution in [3.05, 3.63) is 12.3 Å². The summed E-state index contributed by atoms with van der Waals surface area (Å²) in [6.45, 7) is 0.502. The van der Waals surface area contributed by atoms with Crippen LogP contribution in [0.4, 0.5) is 4.79 Å². The first kappa shape index (κ1) is 7.61. The van der Waals surface area contributed by atoms with E-state index in [9.17, 15) is 4.79 Å². The number of methoxy groups -OCH3 is 1. The molecule has 2 aliphatic rings. The number of carbonyl (C=O) groups is 1. The molecule has 0 aromatic heterocycles. The molecule has 0 aromatic carbocycles. The molecule has 0 saturated carbocycles. The number of carbonyl (C=O) groups excluding carboxylic acids is 1. The molecule has 2 rings (SSSR count). The van der Waals surface area contributed by atoms with Gasteiger partial charge in [0.2, 0.25) is 0 Å². The van der Waals surface area contributed by atoms with Gasteiger partial charge in [-0.25, -0.2) is 4.79 Å². The van der Waals surface area contributed by atoms with Gasteiger partial charge in [0.15, 0.2) is 0 Å². The first-order valence-corrected chi connectivity index (χ1v) is 3.99. The fourth-order valence-corrected chi connectivity index (χ4v) is 1.65. The predicted octanol–water partition coefficient (Wildman–Crippen LogP) is 0.740. The quantitative estimate of drug-likeness (QED) is 0.581. The van der Waals surface area contributed by atoms with Gasteiger partial charge in [-0.15, -0.1) is 0 Å². The Hall–Kier alpha value is -1.03. The number of amides is 1. The van der Waals surface area contributed by atoms with E-state index in [-0.39, 0.29) is 18.2 Å². The maximum Gasteiger partial charge on any atom is 0.414 e. The average Bonchev–Trinajstić information content (AvgIpc) is 2.49. The summed E-state index contributed by atoms with van der Waals surface area (Å²) in [7, 11) is 1.65. The van der Waals surface area contributed by atoms with E-state index in [1.54, 1.807) is 18.2 Å². The summed E-state index contributed by atoms with van der Waals surface area (Å²) in [6, 6.07) is 0.149. The van der Waals surface area contributed by atoms with Gasteiger partial charge < -0.3 is 9.47 Å². The van der Waals surface area contributed by atoms with Crippen molar-refractivity contribution in [1.29, 1.82) is 0 Å². The van der Waals surface area contributed by atoms with Crippen molar-refractivity contribution in [1.82, 2.24) is 4.90 Å². The Morgan fingerprint density at radius 2 is 2.58 bits per heavy atom. The highest BCUT2D eigenvalue weighted by atomic mass is 16.6. The Bertz CT molecular complexity index is 226. The first-order valence-electron chi connectivity index (χ1n) is 3.99. The average molecular weight is 169 g/mol. The van der Waals surface area contributed by atoms with Gasteiger partial charge in [-0.2, -0.15) is 0 Å². The minimum absolute atomic E-state index is 0.0397. The number of nitrogens with zero attached hydrogens (tertiary/aromatic N) is 1. The molecule has 0 unspecified atom stereocenters. The van der Waals surface area contributed by atoms with E-state index in [4.69, 9.17) is 9.47 Å². The van der Waals surface area contributed by atoms with Crippen molar-refractivity contribution in [2.24, 2.45) is 0 Å². The van der Waals surface area contributed by atoms with Crippen molar-refractivity contribution in [2.45, 2.75) is 18.6 Å². The third-order valence-corrected chi connectivity index (χ3v) is 2.30. The molecule has 0 bridgehead atoms. The summed E-state index contributed by atoms with van der Waals surface area (Å²) in [5.41, 5.74) is 0. The summed E-state index contributed by atoms with van der Waals surface area (Å²) < 4.78 is 10.1. The molecular formula is C8H11NO3. The largest absolute Gasteiger partial charge is 0.449 e. The molecule has 4 heteroatoms. The Balaban J connectivity index is 2.14. The van der Waals surface area contributed by atoms with E-state index in [2.05, 4.69) is 0 Å². The second-order valence-corrected chi connectivity index (χ2v) is 2.92. The van der Waals surface area contributed by atoms with Gasteiger partial charge in [-0.1, -0.05) is 0 Å². The van der Waals surface area contributed by atoms with Crippen LogP contribution in [0.25, 0.3) is 0 Å². The summed E-state index contributed by atoms with van der Waals surface area (Å²) in [5, 5.41) is 0. The molecule has 2 atom stereocenters. The lowest BCUT2D eigenvalue weighted by Gasteiger charge is -2.30. The van der Waals surface area contributed by atoms with Crippen LogP contribution in [0.5, 0.6) is 0 Å². The van der Waals surface area contributed by atoms with Crippen LogP contribution in [0.15, 0.2) is 12.3 Å². The molecule has 1 fully saturated rings. The molecule has 66 valence electrons. The number of ether oxygens (including phenoxy) is 2. The monoisotopic (exact) mass is 169 g/mol. The molecule has 1 saturated heterocycles. The molecule has 0 spiro atoms. The molecule has 1 amide bonds. The third-order valence-electron chi connectivity index (χ3n) is 2.30. The van der Waals surface area contributed by atoms with Gasteiger partial charge in [0.25, 0.3) is 0 Å². The number of cyclic esters (lactones) is 1. The standard InChI is InChI=1S/C8H11NO3/c1-11-7-2-4-9-6(7)3-5-12-8(9)10/h2,4,6-7H,3,5H2,1H3/t6-,7-/m1/s1. The van der Waals surface area contributed by atoms with E-state index in [1.807, 2.05) is 6.08 Å². The fourth-order valence-electron chi connectivity index (χ4n) is 1.65. The van der Waals surface area contributed by atoms with Gasteiger partial charge in [0, 0.05) is 19.7 Å². The highest BCUT2D eigenvalue weighted by Crippen LogP contribution is 2.24. The predicted molar refractivity (Wildman–Crippen MR) is 41.5 cm³/mol. The molecule has 0 radical (unpaired) electrons. The maximum atomic E-state index is 11.1. The molecule has 0 aliphatic carbocycles. The summed E-state index contributed by atoms with van der Waals surface area (Å²) in [6.07, 6.45) is 4.24. The fraction of sp³-hybridized carbons (Fsp3) is 0.625. The highest BCUT2D eigenvalue weighted by Gasteiger charge is 2.36. The lowest BCUT2D eigenvalue weighted by Crippen LogP contribution is -2.44. The van der Waals surface area contributed by atoms with Crippen LogP contribution in [0, 0.1) is 0 Å². The maximum absolute atomic E-state index is 11.1. The Morgan fingerprint density at radius 1 is 1.75 bits per heavy atom. The van der Waals surface area contributed by atoms with Crippen LogP contribution in [0.2, 0.25) is 0 Å². The number of rotatable bonds is 1. The van der Waals surface area contributed by atoms with E-state index < -0.39 is 0 Å². The molecule has 2 heterocycles. The normalized spacial score (nSPS) is 33.4. The summed E-state index contributed by atoms with van der Waals surface area (Å²) in [5.74, 6) is 0. The van der Waals surface area contributed by atoms with Crippen LogP contribution in [0.3, 0.4) is 0 Å². The summed E-state index contributed by atoms with van der Waals surface area (Å²) >= 11 is 0. The van der Waals surface area contributed by atoms with Crippen molar-refractivity contribution < 1.29 is 14.3 Å². The second kappa shape index (κ2) is 2.79. The zero-order valence-corrected chi connectivity index (χ0v) is 6.90. The number of hydrogen-bond donors (Lipinski definition) is 0. The molecule has 12 heavy (non-hydrogen) atoms. The van der Waals surface area contributed by atoms with E-state index in [0.29, 0.717) is 6.61 Å². The van der Waals surface area contributed by atoms with Crippen molar-refractivity contribution in [3.8, 4) is 0 Å². The van der Waals surface area contributed by atoms with Gasteiger partial charge in [-0.05, 0) is 6.08 Å². The van der Waals surface area contributed by atoms with E-state index >= 15 is 0 Å². The topological polar surface area (TPSA) is 38.8 Å². The molecule has 0 aromatic rings. The first-order chi connectivity index (χ1) is 5.83. The van der Waals surface area contributed by atoms with Gasteiger partial charge in [-0.3, -0.25) is 4.90 Å². The third kappa shape index (κ3) is 0.992. The van der Waals surface area contributed by atoms with Crippen LogP contribution < -0.4 is 0 Å². The molecule has 4 nitrogen and oxygen atoms in total. The summed E-state index contributed by atoms with van der Waals surface area (Å²) in [4.78, 5) is 12.7. The number of hydrogen-bond acceptors (Lipinski definition) is 3. The van der Waals surface area contributed by atoms with Crippen molar-refractivity contribution in [2.75, 3.05) is 13.7 Å². The molecule has 0 N–H and O–H groups in total. The molecule has 2 aliphatic heterocycles. The second-order valence-electron chi connectivity index (χ2n) is 2.92. The SMILES string of the molecule is CO[C@@H]1C=CN2C(=O)OCC[C@H]12. The highest BCUT2D eigenvalue weighted by molar-refractivity contribution is 5.71.